The van der Waals surface area contributed by atoms with E-state index in [2.05, 4.69) is 5.32 Å². The third kappa shape index (κ3) is 2.29. The second-order valence-electron chi connectivity index (χ2n) is 6.59. The molecule has 130 valence electrons. The molecule has 3 aliphatic heterocycles. The van der Waals surface area contributed by atoms with E-state index in [-0.39, 0.29) is 6.04 Å². The number of methoxy groups -OCH3 is 2. The van der Waals surface area contributed by atoms with Crippen LogP contribution in [0.25, 0.3) is 5.76 Å². The summed E-state index contributed by atoms with van der Waals surface area (Å²) >= 11 is 0. The molecule has 6 nitrogen and oxygen atoms in total. The number of fused-ring (bicyclic) bond motifs is 4. The molecule has 0 saturated carbocycles. The Morgan fingerprint density at radius 1 is 1.25 bits per heavy atom. The second kappa shape index (κ2) is 5.95. The molecule has 0 aliphatic carbocycles. The summed E-state index contributed by atoms with van der Waals surface area (Å²) in [4.78, 5) is 0. The van der Waals surface area contributed by atoms with Gasteiger partial charge in [-0.15, -0.1) is 0 Å². The fourth-order valence-corrected chi connectivity index (χ4v) is 4.09. The third-order valence-electron chi connectivity index (χ3n) is 5.17. The Morgan fingerprint density at radius 2 is 2.08 bits per heavy atom. The highest BCUT2D eigenvalue weighted by molar-refractivity contribution is 5.76. The van der Waals surface area contributed by atoms with Crippen LogP contribution in [-0.2, 0) is 11.2 Å². The maximum atomic E-state index is 10.6. The zero-order valence-electron chi connectivity index (χ0n) is 13.9. The minimum atomic E-state index is -0.728. The lowest BCUT2D eigenvalue weighted by atomic mass is 9.80. The molecule has 6 heteroatoms. The van der Waals surface area contributed by atoms with Gasteiger partial charge >= 0.3 is 0 Å². The van der Waals surface area contributed by atoms with E-state index in [1.165, 1.54) is 5.56 Å². The van der Waals surface area contributed by atoms with Crippen molar-refractivity contribution in [2.75, 3.05) is 20.8 Å². The quantitative estimate of drug-likeness (QED) is 0.753. The maximum absolute atomic E-state index is 10.6. The Balaban J connectivity index is 1.98. The Bertz CT molecular complexity index is 686. The van der Waals surface area contributed by atoms with Crippen molar-refractivity contribution < 1.29 is 24.4 Å². The van der Waals surface area contributed by atoms with E-state index in [9.17, 15) is 10.2 Å². The van der Waals surface area contributed by atoms with Gasteiger partial charge in [-0.05, 0) is 42.7 Å². The number of rotatable bonds is 2. The molecule has 1 aromatic carbocycles. The summed E-state index contributed by atoms with van der Waals surface area (Å²) in [5.41, 5.74) is 3.19. The van der Waals surface area contributed by atoms with Crippen LogP contribution in [0.2, 0.25) is 0 Å². The average molecular weight is 333 g/mol. The van der Waals surface area contributed by atoms with E-state index in [1.807, 2.05) is 12.1 Å². The first-order valence-electron chi connectivity index (χ1n) is 8.38. The molecule has 4 atom stereocenters. The number of aliphatic hydroxyl groups excluding tert-OH is 2. The first-order valence-corrected chi connectivity index (χ1v) is 8.38. The molecule has 3 heterocycles. The van der Waals surface area contributed by atoms with E-state index < -0.39 is 18.3 Å². The van der Waals surface area contributed by atoms with Gasteiger partial charge in [0.25, 0.3) is 0 Å². The first-order chi connectivity index (χ1) is 11.6. The maximum Gasteiger partial charge on any atom is 0.172 e. The predicted molar refractivity (Wildman–Crippen MR) is 88.1 cm³/mol. The van der Waals surface area contributed by atoms with E-state index in [4.69, 9.17) is 14.2 Å². The van der Waals surface area contributed by atoms with Crippen LogP contribution in [-0.4, -0.2) is 49.3 Å². The number of hydrogen-bond donors (Lipinski definition) is 3. The van der Waals surface area contributed by atoms with Crippen molar-refractivity contribution in [3.05, 3.63) is 28.8 Å². The van der Waals surface area contributed by atoms with E-state index >= 15 is 0 Å². The summed E-state index contributed by atoms with van der Waals surface area (Å²) in [6.45, 7) is 0.806. The Hall–Kier alpha value is -1.76. The normalized spacial score (nSPS) is 31.1. The molecule has 0 fully saturated rings. The second-order valence-corrected chi connectivity index (χ2v) is 6.59. The molecule has 1 aromatic rings. The summed E-state index contributed by atoms with van der Waals surface area (Å²) in [7, 11) is 3.24. The van der Waals surface area contributed by atoms with Gasteiger partial charge in [0.2, 0.25) is 0 Å². The van der Waals surface area contributed by atoms with E-state index in [1.54, 1.807) is 14.2 Å². The van der Waals surface area contributed by atoms with Crippen molar-refractivity contribution in [2.24, 2.45) is 0 Å². The number of nitrogens with one attached hydrogen (secondary N) is 1. The molecule has 0 saturated heterocycles. The molecular weight excluding hydrogens is 310 g/mol. The summed E-state index contributed by atoms with van der Waals surface area (Å²) in [6, 6.07) is 1.90. The SMILES string of the molecule is COc1cc2c3c(c1OC)C1=CC[C@@H](O)C[C@@H](O)[C@@H](O1)[C@@H]3NCC2. The smallest absolute Gasteiger partial charge is 0.172 e. The standard InChI is InChI=1S/C18H23NO5/c1-22-13-7-9-5-6-19-16-14(9)15(18(13)23-2)12-4-3-10(20)8-11(21)17(16)24-12/h4,7,10-11,16-17,19-21H,3,5-6,8H2,1-2H3/t10-,11-,16-,17-/m1/s1. The lowest BCUT2D eigenvalue weighted by Gasteiger charge is -2.43. The summed E-state index contributed by atoms with van der Waals surface area (Å²) in [5, 5.41) is 24.1. The van der Waals surface area contributed by atoms with Crippen molar-refractivity contribution in [3.8, 4) is 11.5 Å². The van der Waals surface area contributed by atoms with Crippen molar-refractivity contribution in [1.82, 2.24) is 5.32 Å². The van der Waals surface area contributed by atoms with Gasteiger partial charge in [0.05, 0.1) is 38.0 Å². The van der Waals surface area contributed by atoms with Crippen molar-refractivity contribution >= 4 is 5.76 Å². The minimum absolute atomic E-state index is 0.124. The van der Waals surface area contributed by atoms with Crippen LogP contribution in [0.1, 0.15) is 35.6 Å². The predicted octanol–water partition coefficient (Wildman–Crippen LogP) is 1.15. The van der Waals surface area contributed by atoms with Crippen molar-refractivity contribution in [3.63, 3.8) is 0 Å². The Morgan fingerprint density at radius 3 is 2.83 bits per heavy atom. The van der Waals surface area contributed by atoms with Crippen LogP contribution in [0, 0.1) is 0 Å². The highest BCUT2D eigenvalue weighted by Crippen LogP contribution is 2.50. The average Bonchev–Trinajstić information content (AvgIpc) is 2.59. The molecule has 4 rings (SSSR count). The molecule has 0 aromatic heterocycles. The first kappa shape index (κ1) is 15.7. The monoisotopic (exact) mass is 333 g/mol. The highest BCUT2D eigenvalue weighted by atomic mass is 16.5. The topological polar surface area (TPSA) is 80.2 Å². The zero-order valence-corrected chi connectivity index (χ0v) is 13.9. The lowest BCUT2D eigenvalue weighted by Crippen LogP contribution is -2.48. The van der Waals surface area contributed by atoms with Crippen LogP contribution in [0.4, 0.5) is 0 Å². The van der Waals surface area contributed by atoms with Gasteiger partial charge < -0.3 is 29.7 Å². The molecule has 3 N–H and O–H groups in total. The van der Waals surface area contributed by atoms with Crippen LogP contribution in [0.3, 0.4) is 0 Å². The van der Waals surface area contributed by atoms with Crippen LogP contribution in [0.15, 0.2) is 12.1 Å². The van der Waals surface area contributed by atoms with Gasteiger partial charge in [0, 0.05) is 6.42 Å². The molecule has 0 spiro atoms. The molecular formula is C18H23NO5. The molecule has 3 aliphatic rings. The molecule has 0 radical (unpaired) electrons. The Labute approximate surface area is 141 Å². The van der Waals surface area contributed by atoms with Crippen LogP contribution >= 0.6 is 0 Å². The number of ether oxygens (including phenoxy) is 3. The fraction of sp³-hybridized carbons (Fsp3) is 0.556. The summed E-state index contributed by atoms with van der Waals surface area (Å²) < 4.78 is 17.3. The van der Waals surface area contributed by atoms with E-state index in [0.717, 1.165) is 24.1 Å². The van der Waals surface area contributed by atoms with Gasteiger partial charge in [-0.2, -0.15) is 0 Å². The van der Waals surface area contributed by atoms with Gasteiger partial charge in [-0.1, -0.05) is 0 Å². The van der Waals surface area contributed by atoms with E-state index in [0.29, 0.717) is 30.1 Å². The largest absolute Gasteiger partial charge is 0.493 e. The van der Waals surface area contributed by atoms with Crippen molar-refractivity contribution in [2.45, 2.75) is 43.6 Å². The van der Waals surface area contributed by atoms with Crippen molar-refractivity contribution in [1.29, 1.82) is 0 Å². The Kier molecular flexibility index (Phi) is 3.90. The van der Waals surface area contributed by atoms with Gasteiger partial charge in [0.1, 0.15) is 11.9 Å². The highest BCUT2D eigenvalue weighted by Gasteiger charge is 2.44. The summed E-state index contributed by atoms with van der Waals surface area (Å²) in [5.74, 6) is 1.97. The van der Waals surface area contributed by atoms with Gasteiger partial charge in [-0.25, -0.2) is 0 Å². The number of benzene rings is 1. The number of aliphatic hydroxyl groups is 2. The summed E-state index contributed by atoms with van der Waals surface area (Å²) in [6.07, 6.45) is 1.80. The zero-order chi connectivity index (χ0) is 16.8. The molecule has 2 bridgehead atoms. The number of hydrogen-bond acceptors (Lipinski definition) is 6. The third-order valence-corrected chi connectivity index (χ3v) is 5.17. The van der Waals surface area contributed by atoms with Gasteiger partial charge in [0.15, 0.2) is 11.5 Å². The fourth-order valence-electron chi connectivity index (χ4n) is 4.09. The molecule has 0 amide bonds. The lowest BCUT2D eigenvalue weighted by molar-refractivity contribution is -0.0393. The minimum Gasteiger partial charge on any atom is -0.493 e. The molecule has 24 heavy (non-hydrogen) atoms. The molecule has 0 unspecified atom stereocenters. The van der Waals surface area contributed by atoms with Crippen LogP contribution in [0.5, 0.6) is 11.5 Å². The van der Waals surface area contributed by atoms with Crippen LogP contribution < -0.4 is 14.8 Å². The van der Waals surface area contributed by atoms with Gasteiger partial charge in [-0.3, -0.25) is 0 Å².